The van der Waals surface area contributed by atoms with Gasteiger partial charge in [0.2, 0.25) is 0 Å². The zero-order valence-corrected chi connectivity index (χ0v) is 12.2. The van der Waals surface area contributed by atoms with E-state index in [1.807, 2.05) is 41.8 Å². The van der Waals surface area contributed by atoms with E-state index in [1.54, 1.807) is 11.3 Å². The average molecular weight is 304 g/mol. The van der Waals surface area contributed by atoms with Crippen LogP contribution >= 0.6 is 11.3 Å². The van der Waals surface area contributed by atoms with Crippen molar-refractivity contribution in [3.05, 3.63) is 46.7 Å². The number of benzene rings is 1. The molecule has 1 aromatic carbocycles. The van der Waals surface area contributed by atoms with Crippen LogP contribution in [0.5, 0.6) is 11.5 Å². The zero-order chi connectivity index (χ0) is 14.5. The van der Waals surface area contributed by atoms with Crippen molar-refractivity contribution in [3.8, 4) is 11.5 Å². The highest BCUT2D eigenvalue weighted by molar-refractivity contribution is 7.09. The summed E-state index contributed by atoms with van der Waals surface area (Å²) >= 11 is 1.62. The number of ether oxygens (including phenoxy) is 2. The summed E-state index contributed by atoms with van der Waals surface area (Å²) < 4.78 is 11.4. The maximum atomic E-state index is 11.7. The van der Waals surface area contributed by atoms with E-state index in [4.69, 9.17) is 9.47 Å². The van der Waals surface area contributed by atoms with Crippen LogP contribution < -0.4 is 20.1 Å². The summed E-state index contributed by atoms with van der Waals surface area (Å²) in [6.45, 7) is 1.38. The number of thiophene rings is 1. The Hall–Kier alpha value is -2.21. The van der Waals surface area contributed by atoms with E-state index in [2.05, 4.69) is 10.6 Å². The first-order valence-corrected chi connectivity index (χ1v) is 7.62. The van der Waals surface area contributed by atoms with Gasteiger partial charge in [-0.05, 0) is 23.6 Å². The molecule has 110 valence electrons. The third kappa shape index (κ3) is 3.66. The summed E-state index contributed by atoms with van der Waals surface area (Å²) in [4.78, 5) is 12.8. The Morgan fingerprint density at radius 2 is 2.05 bits per heavy atom. The van der Waals surface area contributed by atoms with Crippen molar-refractivity contribution < 1.29 is 14.3 Å². The highest BCUT2D eigenvalue weighted by Crippen LogP contribution is 2.30. The molecule has 1 aromatic heterocycles. The van der Waals surface area contributed by atoms with Crippen LogP contribution in [0, 0.1) is 0 Å². The summed E-state index contributed by atoms with van der Waals surface area (Å²) in [6, 6.07) is 11.3. The van der Waals surface area contributed by atoms with Gasteiger partial charge in [0, 0.05) is 4.88 Å². The van der Waals surface area contributed by atoms with Gasteiger partial charge in [0.15, 0.2) is 17.6 Å². The quantitative estimate of drug-likeness (QED) is 0.912. The minimum atomic E-state index is -0.203. The lowest BCUT2D eigenvalue weighted by Gasteiger charge is -2.26. The van der Waals surface area contributed by atoms with Crippen molar-refractivity contribution in [2.45, 2.75) is 12.6 Å². The molecule has 0 bridgehead atoms. The van der Waals surface area contributed by atoms with Crippen molar-refractivity contribution in [3.63, 3.8) is 0 Å². The molecule has 2 heterocycles. The predicted molar refractivity (Wildman–Crippen MR) is 80.9 cm³/mol. The number of hydrogen-bond acceptors (Lipinski definition) is 4. The topological polar surface area (TPSA) is 59.6 Å². The molecule has 2 amide bonds. The van der Waals surface area contributed by atoms with Gasteiger partial charge in [-0.2, -0.15) is 0 Å². The smallest absolute Gasteiger partial charge is 0.315 e. The lowest BCUT2D eigenvalue weighted by atomic mass is 10.2. The fraction of sp³-hybridized carbons (Fsp3) is 0.267. The van der Waals surface area contributed by atoms with E-state index >= 15 is 0 Å². The van der Waals surface area contributed by atoms with Crippen LogP contribution in [0.1, 0.15) is 4.88 Å². The van der Waals surface area contributed by atoms with Gasteiger partial charge < -0.3 is 20.1 Å². The zero-order valence-electron chi connectivity index (χ0n) is 11.4. The fourth-order valence-corrected chi connectivity index (χ4v) is 2.66. The normalized spacial score (nSPS) is 16.3. The average Bonchev–Trinajstić information content (AvgIpc) is 3.04. The van der Waals surface area contributed by atoms with E-state index in [9.17, 15) is 4.79 Å². The first kappa shape index (κ1) is 13.8. The summed E-state index contributed by atoms with van der Waals surface area (Å²) in [7, 11) is 0. The van der Waals surface area contributed by atoms with Gasteiger partial charge >= 0.3 is 6.03 Å². The third-order valence-corrected chi connectivity index (χ3v) is 3.94. The van der Waals surface area contributed by atoms with Crippen LogP contribution in [0.2, 0.25) is 0 Å². The molecule has 0 unspecified atom stereocenters. The fourth-order valence-electron chi connectivity index (χ4n) is 2.01. The predicted octanol–water partition coefficient (Wildman–Crippen LogP) is 2.39. The molecule has 1 aliphatic rings. The number of para-hydroxylation sites is 2. The van der Waals surface area contributed by atoms with Crippen LogP contribution in [0.25, 0.3) is 0 Å². The molecule has 5 nitrogen and oxygen atoms in total. The van der Waals surface area contributed by atoms with Crippen molar-refractivity contribution in [1.82, 2.24) is 10.6 Å². The molecule has 0 aliphatic carbocycles. The second-order valence-electron chi connectivity index (χ2n) is 4.64. The van der Waals surface area contributed by atoms with Crippen LogP contribution in [-0.2, 0) is 6.54 Å². The molecule has 2 aromatic rings. The Labute approximate surface area is 126 Å². The summed E-state index contributed by atoms with van der Waals surface area (Å²) in [6.07, 6.45) is -0.174. The number of carbonyl (C=O) groups is 1. The molecule has 2 N–H and O–H groups in total. The molecule has 1 aliphatic heterocycles. The van der Waals surface area contributed by atoms with Crippen molar-refractivity contribution >= 4 is 17.4 Å². The SMILES string of the molecule is O=C(NCc1cccs1)NC[C@H]1COc2ccccc2O1. The largest absolute Gasteiger partial charge is 0.486 e. The molecule has 3 rings (SSSR count). The summed E-state index contributed by atoms with van der Waals surface area (Å²) in [5.74, 6) is 1.46. The van der Waals surface area contributed by atoms with Crippen molar-refractivity contribution in [2.75, 3.05) is 13.2 Å². The molecule has 0 fully saturated rings. The number of carbonyl (C=O) groups excluding carboxylic acids is 1. The van der Waals surface area contributed by atoms with Crippen LogP contribution in [-0.4, -0.2) is 25.3 Å². The molecule has 6 heteroatoms. The van der Waals surface area contributed by atoms with Gasteiger partial charge in [-0.1, -0.05) is 18.2 Å². The highest BCUT2D eigenvalue weighted by atomic mass is 32.1. The van der Waals surface area contributed by atoms with Crippen LogP contribution in [0.15, 0.2) is 41.8 Å². The molecule has 0 radical (unpaired) electrons. The number of rotatable bonds is 4. The first-order valence-electron chi connectivity index (χ1n) is 6.74. The standard InChI is InChI=1S/C15H16N2O3S/c18-15(17-9-12-4-3-7-21-12)16-8-11-10-19-13-5-1-2-6-14(13)20-11/h1-7,11H,8-10H2,(H2,16,17,18)/t11-/m0/s1. The maximum Gasteiger partial charge on any atom is 0.315 e. The molecule has 1 atom stereocenters. The number of urea groups is 1. The summed E-state index contributed by atoms with van der Waals surface area (Å²) in [5, 5.41) is 7.59. The maximum absolute atomic E-state index is 11.7. The lowest BCUT2D eigenvalue weighted by molar-refractivity contribution is 0.0918. The number of fused-ring (bicyclic) bond motifs is 1. The van der Waals surface area contributed by atoms with Crippen molar-refractivity contribution in [1.29, 1.82) is 0 Å². The number of amides is 2. The van der Waals surface area contributed by atoms with E-state index in [-0.39, 0.29) is 12.1 Å². The van der Waals surface area contributed by atoms with Crippen molar-refractivity contribution in [2.24, 2.45) is 0 Å². The second-order valence-corrected chi connectivity index (χ2v) is 5.67. The molecular weight excluding hydrogens is 288 g/mol. The van der Waals surface area contributed by atoms with E-state index in [1.165, 1.54) is 0 Å². The first-order chi connectivity index (χ1) is 10.3. The highest BCUT2D eigenvalue weighted by Gasteiger charge is 2.20. The molecule has 0 saturated carbocycles. The minimum absolute atomic E-state index is 0.174. The van der Waals surface area contributed by atoms with Gasteiger partial charge in [-0.15, -0.1) is 11.3 Å². The van der Waals surface area contributed by atoms with Gasteiger partial charge in [-0.25, -0.2) is 4.79 Å². The molecule has 21 heavy (non-hydrogen) atoms. The molecule has 0 spiro atoms. The Balaban J connectivity index is 1.42. The van der Waals surface area contributed by atoms with Crippen LogP contribution in [0.3, 0.4) is 0 Å². The number of hydrogen-bond donors (Lipinski definition) is 2. The Morgan fingerprint density at radius 1 is 1.19 bits per heavy atom. The Morgan fingerprint density at radius 3 is 2.86 bits per heavy atom. The van der Waals surface area contributed by atoms with Gasteiger partial charge in [-0.3, -0.25) is 0 Å². The van der Waals surface area contributed by atoms with Gasteiger partial charge in [0.05, 0.1) is 13.1 Å². The Bertz CT molecular complexity index is 601. The van der Waals surface area contributed by atoms with E-state index < -0.39 is 0 Å². The second kappa shape index (κ2) is 6.49. The molecule has 0 saturated heterocycles. The van der Waals surface area contributed by atoms with E-state index in [0.717, 1.165) is 16.4 Å². The Kier molecular flexibility index (Phi) is 4.25. The van der Waals surface area contributed by atoms with Crippen LogP contribution in [0.4, 0.5) is 4.79 Å². The minimum Gasteiger partial charge on any atom is -0.486 e. The van der Waals surface area contributed by atoms with Gasteiger partial charge in [0.25, 0.3) is 0 Å². The van der Waals surface area contributed by atoms with E-state index in [0.29, 0.717) is 19.7 Å². The number of nitrogens with one attached hydrogen (secondary N) is 2. The summed E-state index contributed by atoms with van der Waals surface area (Å²) in [5.41, 5.74) is 0. The monoisotopic (exact) mass is 304 g/mol. The molecular formula is C15H16N2O3S. The lowest BCUT2D eigenvalue weighted by Crippen LogP contribution is -2.44. The third-order valence-electron chi connectivity index (χ3n) is 3.06. The van der Waals surface area contributed by atoms with Gasteiger partial charge in [0.1, 0.15) is 6.61 Å².